The number of pyridine rings is 1. The molecule has 0 atom stereocenters. The van der Waals surface area contributed by atoms with Crippen molar-refractivity contribution in [2.45, 2.75) is 37.0 Å². The van der Waals surface area contributed by atoms with Gasteiger partial charge in [0.05, 0.1) is 4.90 Å². The Balaban J connectivity index is 1.21. The topological polar surface area (TPSA) is 70.6 Å². The third-order valence-electron chi connectivity index (χ3n) is 6.86. The highest BCUT2D eigenvalue weighted by molar-refractivity contribution is 7.89. The molecule has 3 aromatic rings. The highest BCUT2D eigenvalue weighted by Gasteiger charge is 2.30. The Kier molecular flexibility index (Phi) is 8.26. The largest absolute Gasteiger partial charge is 0.306 e. The summed E-state index contributed by atoms with van der Waals surface area (Å²) < 4.78 is 41.3. The molecule has 1 saturated heterocycles. The molecule has 0 spiro atoms. The van der Waals surface area contributed by atoms with E-state index in [0.717, 1.165) is 44.2 Å². The summed E-state index contributed by atoms with van der Waals surface area (Å²) in [5.41, 5.74) is 0.552. The van der Waals surface area contributed by atoms with Gasteiger partial charge < -0.3 is 4.90 Å². The van der Waals surface area contributed by atoms with Gasteiger partial charge in [-0.25, -0.2) is 12.8 Å². The van der Waals surface area contributed by atoms with Gasteiger partial charge in [-0.2, -0.15) is 4.31 Å². The zero-order valence-corrected chi connectivity index (χ0v) is 20.9. The van der Waals surface area contributed by atoms with Crippen LogP contribution in [0, 0.1) is 11.7 Å². The maximum absolute atomic E-state index is 13.3. The van der Waals surface area contributed by atoms with E-state index in [0.29, 0.717) is 41.3 Å². The number of carbonyl (C=O) groups excluding carboxylic acids is 1. The van der Waals surface area contributed by atoms with Crippen LogP contribution in [0.2, 0.25) is 0 Å². The third-order valence-corrected chi connectivity index (χ3v) is 8.82. The van der Waals surface area contributed by atoms with Crippen LogP contribution in [0.3, 0.4) is 0 Å². The molecule has 8 heteroatoms. The molecule has 0 radical (unpaired) electrons. The Morgan fingerprint density at radius 1 is 1.09 bits per heavy atom. The predicted molar refractivity (Wildman–Crippen MR) is 135 cm³/mol. The summed E-state index contributed by atoms with van der Waals surface area (Å²) >= 11 is 0. The molecular weight excluding hydrogens is 465 g/mol. The number of hydrogen-bond donors (Lipinski definition) is 0. The summed E-state index contributed by atoms with van der Waals surface area (Å²) in [5, 5.41) is 1.54. The summed E-state index contributed by atoms with van der Waals surface area (Å²) in [6.45, 7) is 2.79. The zero-order chi connectivity index (χ0) is 24.8. The van der Waals surface area contributed by atoms with E-state index in [-0.39, 0.29) is 11.6 Å². The molecule has 2 aromatic carbocycles. The van der Waals surface area contributed by atoms with Crippen LogP contribution in [0.5, 0.6) is 0 Å². The number of sulfonamides is 1. The molecule has 6 nitrogen and oxygen atoms in total. The van der Waals surface area contributed by atoms with Gasteiger partial charge in [0, 0.05) is 48.2 Å². The SMILES string of the molecule is CN(CCCC(=O)c1ccc(F)cc1)CCC1CCN(S(=O)(=O)c2cccc3cnccc23)CC1. The van der Waals surface area contributed by atoms with E-state index in [4.69, 9.17) is 0 Å². The summed E-state index contributed by atoms with van der Waals surface area (Å²) in [5.74, 6) is 0.187. The zero-order valence-electron chi connectivity index (χ0n) is 20.1. The molecule has 0 N–H and O–H groups in total. The fraction of sp³-hybridized carbons (Fsp3) is 0.407. The average Bonchev–Trinajstić information content (AvgIpc) is 2.87. The van der Waals surface area contributed by atoms with Crippen molar-refractivity contribution >= 4 is 26.6 Å². The lowest BCUT2D eigenvalue weighted by Crippen LogP contribution is -2.39. The number of halogens is 1. The Morgan fingerprint density at radius 2 is 1.83 bits per heavy atom. The molecule has 1 aliphatic rings. The van der Waals surface area contributed by atoms with E-state index in [1.807, 2.05) is 6.07 Å². The maximum atomic E-state index is 13.3. The third kappa shape index (κ3) is 6.31. The summed E-state index contributed by atoms with van der Waals surface area (Å²) in [7, 11) is -1.49. The molecule has 35 heavy (non-hydrogen) atoms. The molecule has 0 saturated carbocycles. The minimum Gasteiger partial charge on any atom is -0.306 e. The van der Waals surface area contributed by atoms with Crippen molar-refractivity contribution in [1.82, 2.24) is 14.2 Å². The molecule has 0 unspecified atom stereocenters. The van der Waals surface area contributed by atoms with Crippen LogP contribution in [-0.2, 0) is 10.0 Å². The Bertz CT molecular complexity index is 1250. The first-order valence-corrected chi connectivity index (χ1v) is 13.6. The summed E-state index contributed by atoms with van der Waals surface area (Å²) in [4.78, 5) is 18.9. The lowest BCUT2D eigenvalue weighted by atomic mass is 9.94. The van der Waals surface area contributed by atoms with E-state index in [1.54, 1.807) is 34.9 Å². The normalized spacial score (nSPS) is 15.6. The number of ketones is 1. The summed E-state index contributed by atoms with van der Waals surface area (Å²) in [6, 6.07) is 12.8. The number of aromatic nitrogens is 1. The Hall–Kier alpha value is -2.68. The molecule has 186 valence electrons. The van der Waals surface area contributed by atoms with Gasteiger partial charge >= 0.3 is 0 Å². The number of hydrogen-bond acceptors (Lipinski definition) is 5. The van der Waals surface area contributed by atoms with Crippen LogP contribution in [0.1, 0.15) is 42.5 Å². The second kappa shape index (κ2) is 11.4. The quantitative estimate of drug-likeness (QED) is 0.378. The fourth-order valence-corrected chi connectivity index (χ4v) is 6.38. The molecule has 0 amide bonds. The van der Waals surface area contributed by atoms with Crippen LogP contribution in [-0.4, -0.2) is 61.6 Å². The number of benzene rings is 2. The van der Waals surface area contributed by atoms with Gasteiger partial charge in [0.25, 0.3) is 0 Å². The van der Waals surface area contributed by atoms with Gasteiger partial charge in [0.1, 0.15) is 5.82 Å². The monoisotopic (exact) mass is 497 g/mol. The number of carbonyl (C=O) groups is 1. The lowest BCUT2D eigenvalue weighted by Gasteiger charge is -2.32. The van der Waals surface area contributed by atoms with Gasteiger partial charge in [-0.3, -0.25) is 9.78 Å². The highest BCUT2D eigenvalue weighted by Crippen LogP contribution is 2.29. The first-order chi connectivity index (χ1) is 16.8. The maximum Gasteiger partial charge on any atom is 0.243 e. The molecule has 0 bridgehead atoms. The highest BCUT2D eigenvalue weighted by atomic mass is 32.2. The van der Waals surface area contributed by atoms with Gasteiger partial charge in [-0.1, -0.05) is 12.1 Å². The number of fused-ring (bicyclic) bond motifs is 1. The second-order valence-electron chi connectivity index (χ2n) is 9.33. The predicted octanol–water partition coefficient (Wildman–Crippen LogP) is 4.76. The molecule has 1 fully saturated rings. The van der Waals surface area contributed by atoms with Crippen molar-refractivity contribution in [3.63, 3.8) is 0 Å². The van der Waals surface area contributed by atoms with Crippen molar-refractivity contribution in [2.24, 2.45) is 5.92 Å². The van der Waals surface area contributed by atoms with Crippen molar-refractivity contribution in [1.29, 1.82) is 0 Å². The molecule has 1 aromatic heterocycles. The van der Waals surface area contributed by atoms with Crippen molar-refractivity contribution in [3.8, 4) is 0 Å². The molecule has 0 aliphatic carbocycles. The van der Waals surface area contributed by atoms with E-state index in [1.165, 1.54) is 24.3 Å². The van der Waals surface area contributed by atoms with Crippen molar-refractivity contribution in [3.05, 3.63) is 72.3 Å². The molecule has 2 heterocycles. The van der Waals surface area contributed by atoms with Gasteiger partial charge in [-0.15, -0.1) is 0 Å². The smallest absolute Gasteiger partial charge is 0.243 e. The summed E-state index contributed by atoms with van der Waals surface area (Å²) in [6.07, 6.45) is 7.22. The van der Waals surface area contributed by atoms with E-state index in [9.17, 15) is 17.6 Å². The van der Waals surface area contributed by atoms with Gasteiger partial charge in [0.2, 0.25) is 10.0 Å². The van der Waals surface area contributed by atoms with Crippen molar-refractivity contribution < 1.29 is 17.6 Å². The van der Waals surface area contributed by atoms with E-state index >= 15 is 0 Å². The minimum atomic E-state index is -3.55. The second-order valence-corrected chi connectivity index (χ2v) is 11.2. The van der Waals surface area contributed by atoms with E-state index in [2.05, 4.69) is 16.9 Å². The first-order valence-electron chi connectivity index (χ1n) is 12.1. The average molecular weight is 498 g/mol. The standard InChI is InChI=1S/C27H32FN3O3S/c1-30(16-3-5-26(32)22-7-9-24(28)10-8-22)17-12-21-13-18-31(19-14-21)35(33,34)27-6-2-4-23-20-29-15-11-25(23)27/h2,4,6-11,15,20-21H,3,5,12-14,16-19H2,1H3. The fourth-order valence-electron chi connectivity index (χ4n) is 4.70. The number of nitrogens with zero attached hydrogens (tertiary/aromatic N) is 3. The first kappa shape index (κ1) is 25.4. The minimum absolute atomic E-state index is 0.0365. The van der Waals surface area contributed by atoms with Crippen LogP contribution in [0.15, 0.2) is 65.8 Å². The number of piperidine rings is 1. The number of Topliss-reactive ketones (excluding diaryl/α,β-unsaturated/α-hetero) is 1. The van der Waals surface area contributed by atoms with Crippen LogP contribution < -0.4 is 0 Å². The molecule has 1 aliphatic heterocycles. The Labute approximate surface area is 206 Å². The molecule has 4 rings (SSSR count). The van der Waals surface area contributed by atoms with Crippen LogP contribution in [0.25, 0.3) is 10.8 Å². The Morgan fingerprint density at radius 3 is 2.57 bits per heavy atom. The van der Waals surface area contributed by atoms with Gasteiger partial charge in [-0.05, 0) is 88.1 Å². The van der Waals surface area contributed by atoms with Crippen LogP contribution >= 0.6 is 0 Å². The van der Waals surface area contributed by atoms with Crippen molar-refractivity contribution in [2.75, 3.05) is 33.2 Å². The van der Waals surface area contributed by atoms with E-state index < -0.39 is 10.0 Å². The van der Waals surface area contributed by atoms with Gasteiger partial charge in [0.15, 0.2) is 5.78 Å². The number of rotatable bonds is 10. The van der Waals surface area contributed by atoms with Crippen LogP contribution in [0.4, 0.5) is 4.39 Å². The molecular formula is C27H32FN3O3S. The lowest BCUT2D eigenvalue weighted by molar-refractivity contribution is 0.0975.